The lowest BCUT2D eigenvalue weighted by atomic mass is 10.2. The Labute approximate surface area is 99.2 Å². The number of anilines is 1. The van der Waals surface area contributed by atoms with Crippen molar-refractivity contribution < 1.29 is 4.39 Å². The Morgan fingerprint density at radius 1 is 1.33 bits per heavy atom. The maximum atomic E-state index is 13.1. The fraction of sp³-hybridized carbons (Fsp3) is 0.500. The van der Waals surface area contributed by atoms with Gasteiger partial charge >= 0.3 is 0 Å². The van der Waals surface area contributed by atoms with Crippen molar-refractivity contribution in [1.82, 2.24) is 0 Å². The van der Waals surface area contributed by atoms with E-state index in [1.165, 1.54) is 12.8 Å². The van der Waals surface area contributed by atoms with Gasteiger partial charge in [-0.3, -0.25) is 0 Å². The van der Waals surface area contributed by atoms with Crippen LogP contribution in [-0.2, 0) is 0 Å². The van der Waals surface area contributed by atoms with E-state index in [1.807, 2.05) is 6.92 Å². The summed E-state index contributed by atoms with van der Waals surface area (Å²) >= 11 is 3.19. The predicted molar refractivity (Wildman–Crippen MR) is 66.9 cm³/mol. The van der Waals surface area contributed by atoms with Gasteiger partial charge in [0.15, 0.2) is 0 Å². The first-order valence-corrected chi connectivity index (χ1v) is 6.14. The van der Waals surface area contributed by atoms with Crippen LogP contribution in [0.3, 0.4) is 0 Å². The van der Waals surface area contributed by atoms with Crippen LogP contribution in [0.4, 0.5) is 10.1 Å². The van der Waals surface area contributed by atoms with Gasteiger partial charge in [-0.25, -0.2) is 4.39 Å². The lowest BCUT2D eigenvalue weighted by Crippen LogP contribution is -2.03. The largest absolute Gasteiger partial charge is 0.385 e. The summed E-state index contributed by atoms with van der Waals surface area (Å²) in [7, 11) is 0. The third-order valence-electron chi connectivity index (χ3n) is 2.36. The number of unbranched alkanes of at least 4 members (excludes halogenated alkanes) is 2. The standard InChI is InChI=1S/C12H17BrFN/c1-3-4-5-6-15-12-8-10(13)11(14)7-9(12)2/h7-8,15H,3-6H2,1-2H3. The Morgan fingerprint density at radius 3 is 2.73 bits per heavy atom. The maximum absolute atomic E-state index is 13.1. The average Bonchev–Trinajstić information content (AvgIpc) is 2.20. The molecule has 0 fully saturated rings. The van der Waals surface area contributed by atoms with Crippen LogP contribution in [0.1, 0.15) is 31.7 Å². The van der Waals surface area contributed by atoms with Crippen molar-refractivity contribution >= 4 is 21.6 Å². The molecule has 0 aromatic heterocycles. The normalized spacial score (nSPS) is 10.4. The second-order valence-corrected chi connectivity index (χ2v) is 4.57. The molecule has 84 valence electrons. The Hall–Kier alpha value is -0.570. The van der Waals surface area contributed by atoms with E-state index in [1.54, 1.807) is 12.1 Å². The zero-order chi connectivity index (χ0) is 11.3. The maximum Gasteiger partial charge on any atom is 0.137 e. The first kappa shape index (κ1) is 12.5. The highest BCUT2D eigenvalue weighted by Gasteiger charge is 2.04. The van der Waals surface area contributed by atoms with Crippen LogP contribution in [0, 0.1) is 12.7 Å². The molecule has 1 aromatic rings. The molecule has 0 saturated carbocycles. The first-order valence-electron chi connectivity index (χ1n) is 5.34. The molecule has 15 heavy (non-hydrogen) atoms. The number of nitrogens with one attached hydrogen (secondary N) is 1. The number of halogens is 2. The lowest BCUT2D eigenvalue weighted by Gasteiger charge is -2.10. The number of rotatable bonds is 5. The van der Waals surface area contributed by atoms with Crippen molar-refractivity contribution in [2.45, 2.75) is 33.1 Å². The van der Waals surface area contributed by atoms with Gasteiger partial charge in [0.05, 0.1) is 4.47 Å². The van der Waals surface area contributed by atoms with Crippen LogP contribution in [0.5, 0.6) is 0 Å². The Bertz CT molecular complexity index is 326. The summed E-state index contributed by atoms with van der Waals surface area (Å²) in [5.74, 6) is -0.202. The van der Waals surface area contributed by atoms with Gasteiger partial charge in [0, 0.05) is 12.2 Å². The second-order valence-electron chi connectivity index (χ2n) is 3.72. The quantitative estimate of drug-likeness (QED) is 0.779. The molecule has 1 rings (SSSR count). The Kier molecular flexibility index (Phi) is 5.09. The zero-order valence-electron chi connectivity index (χ0n) is 9.24. The van der Waals surface area contributed by atoms with Crippen LogP contribution in [0.15, 0.2) is 16.6 Å². The predicted octanol–water partition coefficient (Wildman–Crippen LogP) is 4.50. The molecule has 0 aliphatic heterocycles. The third-order valence-corrected chi connectivity index (χ3v) is 2.97. The minimum atomic E-state index is -0.202. The molecule has 0 bridgehead atoms. The molecular formula is C12H17BrFN. The minimum absolute atomic E-state index is 0.202. The highest BCUT2D eigenvalue weighted by Crippen LogP contribution is 2.24. The molecule has 3 heteroatoms. The molecule has 0 atom stereocenters. The summed E-state index contributed by atoms with van der Waals surface area (Å²) in [6.45, 7) is 5.05. The molecule has 1 N–H and O–H groups in total. The SMILES string of the molecule is CCCCCNc1cc(Br)c(F)cc1C. The summed E-state index contributed by atoms with van der Waals surface area (Å²) in [6.07, 6.45) is 3.60. The smallest absolute Gasteiger partial charge is 0.137 e. The molecule has 1 aromatic carbocycles. The van der Waals surface area contributed by atoms with Crippen molar-refractivity contribution in [3.05, 3.63) is 28.0 Å². The van der Waals surface area contributed by atoms with Crippen molar-refractivity contribution in [2.75, 3.05) is 11.9 Å². The summed E-state index contributed by atoms with van der Waals surface area (Å²) in [5.41, 5.74) is 1.96. The number of hydrogen-bond donors (Lipinski definition) is 1. The van der Waals surface area contributed by atoms with Crippen LogP contribution in [0.2, 0.25) is 0 Å². The van der Waals surface area contributed by atoms with Gasteiger partial charge in [0.1, 0.15) is 5.82 Å². The number of benzene rings is 1. The van der Waals surface area contributed by atoms with Gasteiger partial charge in [0.25, 0.3) is 0 Å². The summed E-state index contributed by atoms with van der Waals surface area (Å²) in [6, 6.07) is 3.35. The molecule has 0 aliphatic rings. The van der Waals surface area contributed by atoms with E-state index < -0.39 is 0 Å². The Balaban J connectivity index is 2.57. The zero-order valence-corrected chi connectivity index (χ0v) is 10.8. The number of hydrogen-bond acceptors (Lipinski definition) is 1. The van der Waals surface area contributed by atoms with Gasteiger partial charge < -0.3 is 5.32 Å². The van der Waals surface area contributed by atoms with Crippen LogP contribution < -0.4 is 5.32 Å². The summed E-state index contributed by atoms with van der Waals surface area (Å²) in [5, 5.41) is 3.32. The van der Waals surface area contributed by atoms with Gasteiger partial charge in [0.2, 0.25) is 0 Å². The molecule has 0 unspecified atom stereocenters. The van der Waals surface area contributed by atoms with E-state index in [0.717, 1.165) is 24.2 Å². The Morgan fingerprint density at radius 2 is 2.07 bits per heavy atom. The van der Waals surface area contributed by atoms with Crippen molar-refractivity contribution in [3.63, 3.8) is 0 Å². The topological polar surface area (TPSA) is 12.0 Å². The van der Waals surface area contributed by atoms with Crippen molar-refractivity contribution in [1.29, 1.82) is 0 Å². The van der Waals surface area contributed by atoms with E-state index in [-0.39, 0.29) is 5.82 Å². The van der Waals surface area contributed by atoms with E-state index in [2.05, 4.69) is 28.2 Å². The van der Waals surface area contributed by atoms with Crippen molar-refractivity contribution in [2.24, 2.45) is 0 Å². The van der Waals surface area contributed by atoms with Crippen LogP contribution in [0.25, 0.3) is 0 Å². The molecule has 0 amide bonds. The van der Waals surface area contributed by atoms with Gasteiger partial charge in [-0.05, 0) is 47.0 Å². The molecule has 0 aliphatic carbocycles. The van der Waals surface area contributed by atoms with E-state index in [9.17, 15) is 4.39 Å². The highest BCUT2D eigenvalue weighted by atomic mass is 79.9. The number of aryl methyl sites for hydroxylation is 1. The second kappa shape index (κ2) is 6.11. The first-order chi connectivity index (χ1) is 7.15. The fourth-order valence-corrected chi connectivity index (χ4v) is 1.78. The third kappa shape index (κ3) is 3.82. The molecule has 0 spiro atoms. The average molecular weight is 274 g/mol. The molecule has 0 radical (unpaired) electrons. The van der Waals surface area contributed by atoms with Gasteiger partial charge in [-0.2, -0.15) is 0 Å². The van der Waals surface area contributed by atoms with Gasteiger partial charge in [-0.1, -0.05) is 19.8 Å². The lowest BCUT2D eigenvalue weighted by molar-refractivity contribution is 0.620. The molecule has 1 nitrogen and oxygen atoms in total. The van der Waals surface area contributed by atoms with Crippen molar-refractivity contribution in [3.8, 4) is 0 Å². The molecule has 0 saturated heterocycles. The summed E-state index contributed by atoms with van der Waals surface area (Å²) < 4.78 is 13.6. The minimum Gasteiger partial charge on any atom is -0.385 e. The highest BCUT2D eigenvalue weighted by molar-refractivity contribution is 9.10. The van der Waals surface area contributed by atoms with E-state index in [4.69, 9.17) is 0 Å². The van der Waals surface area contributed by atoms with Crippen LogP contribution >= 0.6 is 15.9 Å². The van der Waals surface area contributed by atoms with Crippen LogP contribution in [-0.4, -0.2) is 6.54 Å². The monoisotopic (exact) mass is 273 g/mol. The van der Waals surface area contributed by atoms with E-state index >= 15 is 0 Å². The molecule has 0 heterocycles. The molecular weight excluding hydrogens is 257 g/mol. The fourth-order valence-electron chi connectivity index (χ4n) is 1.43. The summed E-state index contributed by atoms with van der Waals surface area (Å²) in [4.78, 5) is 0. The van der Waals surface area contributed by atoms with Gasteiger partial charge in [-0.15, -0.1) is 0 Å². The van der Waals surface area contributed by atoms with E-state index in [0.29, 0.717) is 4.47 Å².